The number of hydrogen-bond donors (Lipinski definition) is 0. The highest BCUT2D eigenvalue weighted by atomic mass is 31.2. The summed E-state index contributed by atoms with van der Waals surface area (Å²) in [6, 6.07) is 0. The molecule has 0 amide bonds. The van der Waals surface area contributed by atoms with Crippen molar-refractivity contribution in [1.29, 1.82) is 0 Å². The number of ether oxygens (including phenoxy) is 2. The lowest BCUT2D eigenvalue weighted by molar-refractivity contribution is -0.870. The molecule has 0 aliphatic heterocycles. The fraction of sp³-hybridized carbons (Fsp3) is 0.935. The molecule has 0 aromatic carbocycles. The number of esters is 2. The summed E-state index contributed by atoms with van der Waals surface area (Å²) < 4.78 is 34.2. The first-order valence-corrected chi connectivity index (χ1v) is 32.9. The van der Waals surface area contributed by atoms with E-state index >= 15 is 0 Å². The Morgan fingerprint density at radius 1 is 0.417 bits per heavy atom. The van der Waals surface area contributed by atoms with Crippen molar-refractivity contribution in [1.82, 2.24) is 0 Å². The van der Waals surface area contributed by atoms with Crippen molar-refractivity contribution in [3.8, 4) is 0 Å². The molecule has 9 nitrogen and oxygen atoms in total. The molecule has 0 saturated carbocycles. The maximum Gasteiger partial charge on any atom is 0.306 e. The van der Waals surface area contributed by atoms with Crippen molar-refractivity contribution in [3.63, 3.8) is 0 Å². The highest BCUT2D eigenvalue weighted by Gasteiger charge is 2.22. The Morgan fingerprint density at radius 3 is 1.03 bits per heavy atom. The summed E-state index contributed by atoms with van der Waals surface area (Å²) in [5, 5.41) is 0. The third-order valence-electron chi connectivity index (χ3n) is 14.3. The van der Waals surface area contributed by atoms with Crippen LogP contribution < -0.4 is 4.89 Å². The minimum atomic E-state index is -4.63. The number of carbonyl (C=O) groups is 2. The van der Waals surface area contributed by atoms with Gasteiger partial charge >= 0.3 is 11.9 Å². The van der Waals surface area contributed by atoms with E-state index in [-0.39, 0.29) is 32.0 Å². The largest absolute Gasteiger partial charge is 0.756 e. The number of allylic oxidation sites excluding steroid dienone is 2. The standard InChI is InChI=1S/C62H122NO8P/c1-6-8-10-12-14-16-18-20-22-24-25-26-27-28-29-30-31-32-33-34-35-36-37-39-40-42-44-46-48-50-52-54-61(64)68-58-60(59-70-72(66,67)69-57-56-63(3,4)5)71-62(65)55-53-51-49-47-45-43-41-38-23-21-19-17-15-13-11-9-7-2/h21,23,60H,6-20,22,24-59H2,1-5H3/b23-21-. The van der Waals surface area contributed by atoms with Gasteiger partial charge in [-0.25, -0.2) is 0 Å². The molecule has 0 heterocycles. The van der Waals surface area contributed by atoms with Crippen LogP contribution in [0, 0.1) is 0 Å². The van der Waals surface area contributed by atoms with Crippen LogP contribution in [0.5, 0.6) is 0 Å². The van der Waals surface area contributed by atoms with Crippen LogP contribution in [0.2, 0.25) is 0 Å². The first-order valence-electron chi connectivity index (χ1n) is 31.4. The van der Waals surface area contributed by atoms with Crippen molar-refractivity contribution in [2.45, 2.75) is 328 Å². The first kappa shape index (κ1) is 70.8. The number of carbonyl (C=O) groups excluding carboxylic acids is 2. The molecule has 0 fully saturated rings. The normalized spacial score (nSPS) is 13.2. The molecule has 0 saturated heterocycles. The van der Waals surface area contributed by atoms with Gasteiger partial charge in [-0.1, -0.05) is 283 Å². The molecule has 0 radical (unpaired) electrons. The lowest BCUT2D eigenvalue weighted by atomic mass is 10.0. The van der Waals surface area contributed by atoms with Gasteiger partial charge in [0.25, 0.3) is 7.82 Å². The summed E-state index contributed by atoms with van der Waals surface area (Å²) in [5.41, 5.74) is 0. The smallest absolute Gasteiger partial charge is 0.306 e. The van der Waals surface area contributed by atoms with Gasteiger partial charge in [-0.3, -0.25) is 14.2 Å². The Balaban J connectivity index is 3.98. The Bertz CT molecular complexity index is 1220. The van der Waals surface area contributed by atoms with Crippen LogP contribution >= 0.6 is 7.82 Å². The van der Waals surface area contributed by atoms with E-state index in [1.165, 1.54) is 244 Å². The summed E-state index contributed by atoms with van der Waals surface area (Å²) in [5.74, 6) is -0.819. The van der Waals surface area contributed by atoms with Crippen molar-refractivity contribution in [2.24, 2.45) is 0 Å². The van der Waals surface area contributed by atoms with Crippen molar-refractivity contribution in [2.75, 3.05) is 47.5 Å². The van der Waals surface area contributed by atoms with Crippen molar-refractivity contribution in [3.05, 3.63) is 12.2 Å². The average Bonchev–Trinajstić information content (AvgIpc) is 3.34. The van der Waals surface area contributed by atoms with Gasteiger partial charge in [-0.2, -0.15) is 0 Å². The Morgan fingerprint density at radius 2 is 0.708 bits per heavy atom. The van der Waals surface area contributed by atoms with Crippen molar-refractivity contribution < 1.29 is 42.1 Å². The molecule has 0 aliphatic rings. The minimum Gasteiger partial charge on any atom is -0.756 e. The number of likely N-dealkylation sites (N-methyl/N-ethyl adjacent to an activating group) is 1. The fourth-order valence-electron chi connectivity index (χ4n) is 9.42. The predicted molar refractivity (Wildman–Crippen MR) is 305 cm³/mol. The van der Waals surface area contributed by atoms with Gasteiger partial charge in [-0.05, 0) is 38.5 Å². The highest BCUT2D eigenvalue weighted by molar-refractivity contribution is 7.45. The molecule has 10 heteroatoms. The number of hydrogen-bond acceptors (Lipinski definition) is 8. The number of nitrogens with zero attached hydrogens (tertiary/aromatic N) is 1. The number of unbranched alkanes of at least 4 members (excludes halogenated alkanes) is 43. The van der Waals surface area contributed by atoms with E-state index < -0.39 is 26.5 Å². The molecular formula is C62H122NO8P. The molecule has 0 aromatic rings. The van der Waals surface area contributed by atoms with Crippen LogP contribution in [0.3, 0.4) is 0 Å². The molecule has 428 valence electrons. The highest BCUT2D eigenvalue weighted by Crippen LogP contribution is 2.38. The molecule has 0 N–H and O–H groups in total. The van der Waals surface area contributed by atoms with Crippen LogP contribution in [0.25, 0.3) is 0 Å². The quantitative estimate of drug-likeness (QED) is 0.0195. The molecule has 2 atom stereocenters. The van der Waals surface area contributed by atoms with Gasteiger partial charge in [-0.15, -0.1) is 0 Å². The Kier molecular flexibility index (Phi) is 53.6. The predicted octanol–water partition coefficient (Wildman–Crippen LogP) is 19.0. The van der Waals surface area contributed by atoms with E-state index in [1.807, 2.05) is 21.1 Å². The summed E-state index contributed by atoms with van der Waals surface area (Å²) >= 11 is 0. The second-order valence-electron chi connectivity index (χ2n) is 22.8. The SMILES string of the molecule is CCCCCCCC/C=C\CCCCCCCCCC(=O)OC(COC(=O)CCCCCCCCCCCCCCCCCCCCCCCCCCCCCCCCC)COP(=O)([O-])OCC[N+](C)(C)C. The second kappa shape index (κ2) is 54.5. The molecule has 0 aromatic heterocycles. The van der Waals surface area contributed by atoms with E-state index in [9.17, 15) is 19.0 Å². The molecule has 0 aliphatic carbocycles. The van der Waals surface area contributed by atoms with Gasteiger partial charge in [0.1, 0.15) is 19.8 Å². The zero-order valence-electron chi connectivity index (χ0n) is 48.7. The molecular weight excluding hydrogens is 918 g/mol. The van der Waals surface area contributed by atoms with E-state index in [2.05, 4.69) is 26.0 Å². The molecule has 2 unspecified atom stereocenters. The number of phosphoric acid groups is 1. The molecule has 72 heavy (non-hydrogen) atoms. The van der Waals surface area contributed by atoms with Gasteiger partial charge in [0.2, 0.25) is 0 Å². The summed E-state index contributed by atoms with van der Waals surface area (Å²) in [4.78, 5) is 37.9. The zero-order chi connectivity index (χ0) is 52.7. The van der Waals surface area contributed by atoms with Gasteiger partial charge < -0.3 is 27.9 Å². The number of rotatable bonds is 59. The minimum absolute atomic E-state index is 0.0280. The van der Waals surface area contributed by atoms with Gasteiger partial charge in [0.05, 0.1) is 27.7 Å². The van der Waals surface area contributed by atoms with Crippen LogP contribution in [0.1, 0.15) is 322 Å². The topological polar surface area (TPSA) is 111 Å². The van der Waals surface area contributed by atoms with Crippen LogP contribution in [0.4, 0.5) is 0 Å². The summed E-state index contributed by atoms with van der Waals surface area (Å²) in [7, 11) is 1.18. The lowest BCUT2D eigenvalue weighted by Crippen LogP contribution is -2.37. The van der Waals surface area contributed by atoms with E-state index in [0.717, 1.165) is 44.9 Å². The third kappa shape index (κ3) is 58.0. The number of phosphoric ester groups is 1. The Hall–Kier alpha value is -1.25. The van der Waals surface area contributed by atoms with Crippen LogP contribution in [0.15, 0.2) is 12.2 Å². The van der Waals surface area contributed by atoms with Crippen molar-refractivity contribution >= 4 is 19.8 Å². The van der Waals surface area contributed by atoms with Crippen LogP contribution in [-0.4, -0.2) is 70.0 Å². The molecule has 0 rings (SSSR count). The second-order valence-corrected chi connectivity index (χ2v) is 24.2. The molecule has 0 bridgehead atoms. The maximum absolute atomic E-state index is 12.8. The van der Waals surface area contributed by atoms with Gasteiger partial charge in [0, 0.05) is 12.8 Å². The van der Waals surface area contributed by atoms with E-state index in [1.54, 1.807) is 0 Å². The lowest BCUT2D eigenvalue weighted by Gasteiger charge is -2.28. The Labute approximate surface area is 447 Å². The third-order valence-corrected chi connectivity index (χ3v) is 15.2. The van der Waals surface area contributed by atoms with Gasteiger partial charge in [0.15, 0.2) is 6.10 Å². The van der Waals surface area contributed by atoms with E-state index in [0.29, 0.717) is 17.4 Å². The fourth-order valence-corrected chi connectivity index (χ4v) is 10.1. The average molecular weight is 1040 g/mol. The maximum atomic E-state index is 12.8. The monoisotopic (exact) mass is 1040 g/mol. The van der Waals surface area contributed by atoms with E-state index in [4.69, 9.17) is 18.5 Å². The van der Waals surface area contributed by atoms with Crippen LogP contribution in [-0.2, 0) is 32.7 Å². The summed E-state index contributed by atoms with van der Waals surface area (Å²) in [6.07, 6.45) is 64.3. The zero-order valence-corrected chi connectivity index (χ0v) is 49.6. The molecule has 0 spiro atoms. The summed E-state index contributed by atoms with van der Waals surface area (Å²) in [6.45, 7) is 4.29. The number of quaternary nitrogens is 1. The first-order chi connectivity index (χ1) is 35.0.